The number of carbonyl (C=O) groups is 2. The molecule has 0 saturated heterocycles. The number of nitrogens with one attached hydrogen (secondary N) is 1. The first kappa shape index (κ1) is 16.5. The van der Waals surface area contributed by atoms with Gasteiger partial charge in [-0.3, -0.25) is 4.79 Å². The Balaban J connectivity index is 2.90. The predicted octanol–water partition coefficient (Wildman–Crippen LogP) is 2.35. The quantitative estimate of drug-likeness (QED) is 0.635. The molecule has 1 atom stereocenters. The number of methoxy groups -OCH3 is 1. The lowest BCUT2D eigenvalue weighted by Crippen LogP contribution is -2.42. The number of anilines is 1. The first-order valence-corrected chi connectivity index (χ1v) is 7.08. The summed E-state index contributed by atoms with van der Waals surface area (Å²) in [5, 5.41) is 2.68. The number of carbonyl (C=O) groups excluding carboxylic acids is 2. The summed E-state index contributed by atoms with van der Waals surface area (Å²) in [6, 6.07) is 4.27. The van der Waals surface area contributed by atoms with E-state index in [4.69, 9.17) is 10.5 Å². The molecular weight excluding hydrogens is 324 g/mol. The van der Waals surface area contributed by atoms with E-state index < -0.39 is 12.0 Å². The van der Waals surface area contributed by atoms with E-state index in [-0.39, 0.29) is 11.8 Å². The van der Waals surface area contributed by atoms with Gasteiger partial charge in [0.2, 0.25) is 0 Å². The fourth-order valence-corrected chi connectivity index (χ4v) is 2.21. The van der Waals surface area contributed by atoms with Gasteiger partial charge >= 0.3 is 5.97 Å². The summed E-state index contributed by atoms with van der Waals surface area (Å²) < 4.78 is 5.34. The van der Waals surface area contributed by atoms with Gasteiger partial charge in [0, 0.05) is 10.2 Å². The summed E-state index contributed by atoms with van der Waals surface area (Å²) in [6.45, 7) is 3.94. The summed E-state index contributed by atoms with van der Waals surface area (Å²) >= 11 is 3.29. The fourth-order valence-electron chi connectivity index (χ4n) is 1.78. The maximum atomic E-state index is 12.2. The van der Waals surface area contributed by atoms with Crippen LogP contribution in [0.3, 0.4) is 0 Å². The van der Waals surface area contributed by atoms with E-state index >= 15 is 0 Å². The van der Waals surface area contributed by atoms with Crippen molar-refractivity contribution in [3.05, 3.63) is 28.2 Å². The number of ether oxygens (including phenoxy) is 1. The summed E-state index contributed by atoms with van der Waals surface area (Å²) in [7, 11) is 1.30. The van der Waals surface area contributed by atoms with Gasteiger partial charge in [0.25, 0.3) is 5.91 Å². The number of esters is 1. The van der Waals surface area contributed by atoms with Gasteiger partial charge in [-0.1, -0.05) is 13.8 Å². The first-order chi connectivity index (χ1) is 9.35. The molecule has 0 unspecified atom stereocenters. The minimum absolute atomic E-state index is 0.253. The minimum Gasteiger partial charge on any atom is -0.467 e. The molecule has 1 aromatic rings. The van der Waals surface area contributed by atoms with Crippen molar-refractivity contribution in [2.24, 2.45) is 5.92 Å². The molecule has 0 aliphatic heterocycles. The second-order valence-corrected chi connectivity index (χ2v) is 5.77. The highest BCUT2D eigenvalue weighted by Gasteiger charge is 2.24. The van der Waals surface area contributed by atoms with Crippen LogP contribution in [0.5, 0.6) is 0 Å². The Hall–Kier alpha value is -1.56. The summed E-state index contributed by atoms with van der Waals surface area (Å²) in [6.07, 6.45) is 0.512. The van der Waals surface area contributed by atoms with Crippen molar-refractivity contribution in [3.8, 4) is 0 Å². The average molecular weight is 343 g/mol. The molecule has 1 amide bonds. The summed E-state index contributed by atoms with van der Waals surface area (Å²) in [5.41, 5.74) is 6.54. The van der Waals surface area contributed by atoms with Gasteiger partial charge in [-0.05, 0) is 46.5 Å². The van der Waals surface area contributed by atoms with E-state index in [1.165, 1.54) is 7.11 Å². The standard InChI is InChI=1S/C14H19BrN2O3/c1-8(2)6-12(14(19)20-3)17-13(18)10-7-9(16)4-5-11(10)15/h4-5,7-8,12H,6,16H2,1-3H3,(H,17,18)/t12-/m0/s1. The molecule has 0 heterocycles. The molecule has 0 radical (unpaired) electrons. The van der Waals surface area contributed by atoms with E-state index in [9.17, 15) is 9.59 Å². The molecule has 1 aromatic carbocycles. The molecular formula is C14H19BrN2O3. The van der Waals surface area contributed by atoms with Crippen LogP contribution in [0.1, 0.15) is 30.6 Å². The zero-order valence-electron chi connectivity index (χ0n) is 11.8. The normalized spacial score (nSPS) is 12.1. The number of nitrogen functional groups attached to an aromatic ring is 1. The molecule has 110 valence electrons. The van der Waals surface area contributed by atoms with E-state index in [0.717, 1.165) is 0 Å². The lowest BCUT2D eigenvalue weighted by atomic mass is 10.0. The van der Waals surface area contributed by atoms with Gasteiger partial charge in [0.05, 0.1) is 12.7 Å². The molecule has 5 nitrogen and oxygen atoms in total. The molecule has 0 aliphatic carbocycles. The van der Waals surface area contributed by atoms with E-state index in [1.54, 1.807) is 18.2 Å². The van der Waals surface area contributed by atoms with Gasteiger partial charge in [-0.2, -0.15) is 0 Å². The number of nitrogens with two attached hydrogens (primary N) is 1. The first-order valence-electron chi connectivity index (χ1n) is 6.28. The van der Waals surface area contributed by atoms with Crippen molar-refractivity contribution >= 4 is 33.5 Å². The van der Waals surface area contributed by atoms with E-state index in [2.05, 4.69) is 21.2 Å². The van der Waals surface area contributed by atoms with Crippen LogP contribution in [0.4, 0.5) is 5.69 Å². The van der Waals surface area contributed by atoms with Crippen LogP contribution in [-0.2, 0) is 9.53 Å². The molecule has 0 saturated carbocycles. The molecule has 1 rings (SSSR count). The van der Waals surface area contributed by atoms with Crippen molar-refractivity contribution in [1.29, 1.82) is 0 Å². The van der Waals surface area contributed by atoms with Crippen LogP contribution in [0.15, 0.2) is 22.7 Å². The Morgan fingerprint density at radius 3 is 2.60 bits per heavy atom. The maximum absolute atomic E-state index is 12.2. The van der Waals surface area contributed by atoms with Crippen LogP contribution >= 0.6 is 15.9 Å². The number of benzene rings is 1. The van der Waals surface area contributed by atoms with Gasteiger partial charge in [-0.15, -0.1) is 0 Å². The Morgan fingerprint density at radius 1 is 1.40 bits per heavy atom. The third-order valence-electron chi connectivity index (χ3n) is 2.73. The highest BCUT2D eigenvalue weighted by atomic mass is 79.9. The SMILES string of the molecule is COC(=O)[C@H](CC(C)C)NC(=O)c1cc(N)ccc1Br. The van der Waals surface area contributed by atoms with Gasteiger partial charge in [0.1, 0.15) is 6.04 Å². The van der Waals surface area contributed by atoms with E-state index in [1.807, 2.05) is 13.8 Å². The Labute approximate surface area is 127 Å². The molecule has 0 aromatic heterocycles. The zero-order valence-corrected chi connectivity index (χ0v) is 13.4. The molecule has 6 heteroatoms. The van der Waals surface area contributed by atoms with E-state index in [0.29, 0.717) is 22.1 Å². The minimum atomic E-state index is -0.666. The fraction of sp³-hybridized carbons (Fsp3) is 0.429. The maximum Gasteiger partial charge on any atom is 0.328 e. The van der Waals surface area contributed by atoms with Crippen molar-refractivity contribution < 1.29 is 14.3 Å². The Bertz CT molecular complexity index is 503. The largest absolute Gasteiger partial charge is 0.467 e. The van der Waals surface area contributed by atoms with Crippen molar-refractivity contribution in [3.63, 3.8) is 0 Å². The van der Waals surface area contributed by atoms with Gasteiger partial charge in [-0.25, -0.2) is 4.79 Å². The van der Waals surface area contributed by atoms with Crippen LogP contribution in [0, 0.1) is 5.92 Å². The topological polar surface area (TPSA) is 81.4 Å². The highest BCUT2D eigenvalue weighted by molar-refractivity contribution is 9.10. The third kappa shape index (κ3) is 4.52. The summed E-state index contributed by atoms with van der Waals surface area (Å²) in [5.74, 6) is -0.559. The number of amides is 1. The van der Waals surface area contributed by atoms with Crippen molar-refractivity contribution in [1.82, 2.24) is 5.32 Å². The van der Waals surface area contributed by atoms with Crippen molar-refractivity contribution in [2.75, 3.05) is 12.8 Å². The van der Waals surface area contributed by atoms with Gasteiger partial charge in [0.15, 0.2) is 0 Å². The lowest BCUT2D eigenvalue weighted by Gasteiger charge is -2.18. The highest BCUT2D eigenvalue weighted by Crippen LogP contribution is 2.20. The summed E-state index contributed by atoms with van der Waals surface area (Å²) in [4.78, 5) is 23.9. The van der Waals surface area contributed by atoms with Crippen LogP contribution in [0.2, 0.25) is 0 Å². The van der Waals surface area contributed by atoms with Gasteiger partial charge < -0.3 is 15.8 Å². The predicted molar refractivity (Wildman–Crippen MR) is 81.3 cm³/mol. The molecule has 0 spiro atoms. The molecule has 3 N–H and O–H groups in total. The smallest absolute Gasteiger partial charge is 0.328 e. The molecule has 20 heavy (non-hydrogen) atoms. The second-order valence-electron chi connectivity index (χ2n) is 4.92. The number of hydrogen-bond acceptors (Lipinski definition) is 4. The molecule has 0 aliphatic rings. The monoisotopic (exact) mass is 342 g/mol. The van der Waals surface area contributed by atoms with Crippen LogP contribution < -0.4 is 11.1 Å². The lowest BCUT2D eigenvalue weighted by molar-refractivity contribution is -0.143. The number of halogens is 1. The number of rotatable bonds is 5. The van der Waals surface area contributed by atoms with Crippen LogP contribution in [0.25, 0.3) is 0 Å². The Kier molecular flexibility index (Phi) is 6.01. The van der Waals surface area contributed by atoms with Crippen molar-refractivity contribution in [2.45, 2.75) is 26.3 Å². The third-order valence-corrected chi connectivity index (χ3v) is 3.42. The average Bonchev–Trinajstić information content (AvgIpc) is 2.39. The zero-order chi connectivity index (χ0) is 15.3. The molecule has 0 bridgehead atoms. The number of hydrogen-bond donors (Lipinski definition) is 2. The Morgan fingerprint density at radius 2 is 2.05 bits per heavy atom. The second kappa shape index (κ2) is 7.28. The van der Waals surface area contributed by atoms with Crippen LogP contribution in [-0.4, -0.2) is 25.0 Å². The molecule has 0 fully saturated rings.